The van der Waals surface area contributed by atoms with E-state index in [-0.39, 0.29) is 0 Å². The van der Waals surface area contributed by atoms with Crippen LogP contribution in [0, 0.1) is 0 Å². The summed E-state index contributed by atoms with van der Waals surface area (Å²) in [4.78, 5) is 0. The van der Waals surface area contributed by atoms with E-state index in [1.165, 1.54) is 5.69 Å². The monoisotopic (exact) mass is 229 g/mol. The number of hydrogen-bond donors (Lipinski definition) is 1. The second kappa shape index (κ2) is 5.64. The van der Waals surface area contributed by atoms with Crippen molar-refractivity contribution < 1.29 is 0 Å². The molecule has 0 spiro atoms. The summed E-state index contributed by atoms with van der Waals surface area (Å²) >= 11 is 0. The van der Waals surface area contributed by atoms with Gasteiger partial charge in [0.1, 0.15) is 0 Å². The lowest BCUT2D eigenvalue weighted by Crippen LogP contribution is -2.21. The summed E-state index contributed by atoms with van der Waals surface area (Å²) in [5.41, 5.74) is 2.31. The number of aromatic nitrogens is 2. The van der Waals surface area contributed by atoms with E-state index < -0.39 is 0 Å². The van der Waals surface area contributed by atoms with E-state index in [1.807, 2.05) is 29.1 Å². The Bertz CT molecular complexity index is 448. The maximum absolute atomic E-state index is 4.39. The molecule has 1 N–H and O–H groups in total. The van der Waals surface area contributed by atoms with Gasteiger partial charge in [-0.2, -0.15) is 5.10 Å². The first-order valence-electron chi connectivity index (χ1n) is 6.15. The van der Waals surface area contributed by atoms with Crippen LogP contribution in [0.3, 0.4) is 0 Å². The van der Waals surface area contributed by atoms with Crippen molar-refractivity contribution in [3.05, 3.63) is 48.3 Å². The Morgan fingerprint density at radius 3 is 2.71 bits per heavy atom. The lowest BCUT2D eigenvalue weighted by atomic mass is 10.2. The van der Waals surface area contributed by atoms with Gasteiger partial charge < -0.3 is 5.32 Å². The molecule has 1 aromatic heterocycles. The van der Waals surface area contributed by atoms with Gasteiger partial charge in [0.15, 0.2) is 0 Å². The largest absolute Gasteiger partial charge is 0.309 e. The van der Waals surface area contributed by atoms with Gasteiger partial charge in [0.05, 0.1) is 11.4 Å². The Labute approximate surface area is 102 Å². The summed E-state index contributed by atoms with van der Waals surface area (Å²) in [6, 6.07) is 12.6. The van der Waals surface area contributed by atoms with Crippen LogP contribution in [0.5, 0.6) is 0 Å². The van der Waals surface area contributed by atoms with Crippen LogP contribution in [0.15, 0.2) is 42.6 Å². The molecule has 2 rings (SSSR count). The van der Waals surface area contributed by atoms with Crippen LogP contribution >= 0.6 is 0 Å². The first-order valence-corrected chi connectivity index (χ1v) is 6.15. The smallest absolute Gasteiger partial charge is 0.0649 e. The first kappa shape index (κ1) is 11.9. The molecule has 0 saturated carbocycles. The minimum Gasteiger partial charge on any atom is -0.309 e. The molecule has 0 radical (unpaired) electrons. The van der Waals surface area contributed by atoms with E-state index in [9.17, 15) is 0 Å². The Kier molecular flexibility index (Phi) is 3.94. The van der Waals surface area contributed by atoms with Crippen LogP contribution in [0.4, 0.5) is 0 Å². The average Bonchev–Trinajstić information content (AvgIpc) is 2.86. The molecule has 1 heterocycles. The molecule has 17 heavy (non-hydrogen) atoms. The summed E-state index contributed by atoms with van der Waals surface area (Å²) in [6.07, 6.45) is 3.00. The second-order valence-corrected chi connectivity index (χ2v) is 4.18. The fourth-order valence-corrected chi connectivity index (χ4v) is 1.89. The highest BCUT2D eigenvalue weighted by Crippen LogP contribution is 2.16. The van der Waals surface area contributed by atoms with Crippen molar-refractivity contribution in [2.75, 3.05) is 6.54 Å². The van der Waals surface area contributed by atoms with Crippen molar-refractivity contribution in [1.29, 1.82) is 0 Å². The molecule has 0 bridgehead atoms. The van der Waals surface area contributed by atoms with E-state index in [4.69, 9.17) is 0 Å². The fourth-order valence-electron chi connectivity index (χ4n) is 1.89. The van der Waals surface area contributed by atoms with E-state index in [0.29, 0.717) is 6.04 Å². The van der Waals surface area contributed by atoms with E-state index >= 15 is 0 Å². The van der Waals surface area contributed by atoms with Gasteiger partial charge >= 0.3 is 0 Å². The quantitative estimate of drug-likeness (QED) is 0.854. The summed E-state index contributed by atoms with van der Waals surface area (Å²) in [5, 5.41) is 7.88. The zero-order valence-corrected chi connectivity index (χ0v) is 10.4. The van der Waals surface area contributed by atoms with Gasteiger partial charge in [0, 0.05) is 12.2 Å². The van der Waals surface area contributed by atoms with Crippen LogP contribution in [0.25, 0.3) is 5.69 Å². The maximum atomic E-state index is 4.39. The number of para-hydroxylation sites is 1. The van der Waals surface area contributed by atoms with Crippen LogP contribution in [-0.2, 0) is 0 Å². The van der Waals surface area contributed by atoms with Gasteiger partial charge in [0.25, 0.3) is 0 Å². The predicted octanol–water partition coefficient (Wildman–Crippen LogP) is 2.93. The Morgan fingerprint density at radius 2 is 2.00 bits per heavy atom. The van der Waals surface area contributed by atoms with Crippen LogP contribution in [-0.4, -0.2) is 16.3 Å². The van der Waals surface area contributed by atoms with Crippen LogP contribution < -0.4 is 5.32 Å². The Hall–Kier alpha value is -1.61. The lowest BCUT2D eigenvalue weighted by molar-refractivity contribution is 0.543. The molecule has 0 fully saturated rings. The zero-order chi connectivity index (χ0) is 12.1. The van der Waals surface area contributed by atoms with Crippen molar-refractivity contribution >= 4 is 0 Å². The molecule has 90 valence electrons. The molecule has 3 heteroatoms. The van der Waals surface area contributed by atoms with Crippen LogP contribution in [0.2, 0.25) is 0 Å². The Balaban J connectivity index is 2.23. The molecular formula is C14H19N3. The highest BCUT2D eigenvalue weighted by molar-refractivity contribution is 5.32. The molecule has 0 aliphatic rings. The molecule has 1 unspecified atom stereocenters. The number of benzene rings is 1. The third-order valence-corrected chi connectivity index (χ3v) is 2.82. The van der Waals surface area contributed by atoms with E-state index in [1.54, 1.807) is 0 Å². The average molecular weight is 229 g/mol. The summed E-state index contributed by atoms with van der Waals surface area (Å²) in [7, 11) is 0. The van der Waals surface area contributed by atoms with Crippen molar-refractivity contribution in [2.24, 2.45) is 0 Å². The number of hydrogen-bond acceptors (Lipinski definition) is 2. The van der Waals surface area contributed by atoms with Gasteiger partial charge in [-0.3, -0.25) is 0 Å². The summed E-state index contributed by atoms with van der Waals surface area (Å²) in [5.74, 6) is 0. The summed E-state index contributed by atoms with van der Waals surface area (Å²) in [6.45, 7) is 5.38. The minimum atomic E-state index is 0.317. The fraction of sp³-hybridized carbons (Fsp3) is 0.357. The second-order valence-electron chi connectivity index (χ2n) is 4.18. The molecule has 2 aromatic rings. The van der Waals surface area contributed by atoms with Crippen LogP contribution in [0.1, 0.15) is 32.0 Å². The third kappa shape index (κ3) is 2.74. The molecule has 1 atom stereocenters. The van der Waals surface area contributed by atoms with Gasteiger partial charge in [-0.1, -0.05) is 25.1 Å². The molecule has 0 aliphatic carbocycles. The van der Waals surface area contributed by atoms with E-state index in [2.05, 4.69) is 42.5 Å². The van der Waals surface area contributed by atoms with Crippen molar-refractivity contribution in [3.63, 3.8) is 0 Å². The number of rotatable bonds is 5. The zero-order valence-electron chi connectivity index (χ0n) is 10.4. The van der Waals surface area contributed by atoms with Gasteiger partial charge in [0.2, 0.25) is 0 Å². The van der Waals surface area contributed by atoms with Gasteiger partial charge in [-0.05, 0) is 38.1 Å². The molecule has 0 amide bonds. The molecule has 0 saturated heterocycles. The first-order chi connectivity index (χ1) is 8.33. The Morgan fingerprint density at radius 1 is 1.24 bits per heavy atom. The SMILES string of the molecule is CCCNC(C)c1ccnn1-c1ccccc1. The van der Waals surface area contributed by atoms with Gasteiger partial charge in [-0.15, -0.1) is 0 Å². The highest BCUT2D eigenvalue weighted by Gasteiger charge is 2.11. The minimum absolute atomic E-state index is 0.317. The topological polar surface area (TPSA) is 29.9 Å². The molecule has 3 nitrogen and oxygen atoms in total. The normalized spacial score (nSPS) is 12.6. The maximum Gasteiger partial charge on any atom is 0.0649 e. The highest BCUT2D eigenvalue weighted by atomic mass is 15.3. The van der Waals surface area contributed by atoms with Crippen molar-refractivity contribution in [1.82, 2.24) is 15.1 Å². The number of nitrogens with zero attached hydrogens (tertiary/aromatic N) is 2. The molecular weight excluding hydrogens is 210 g/mol. The molecule has 1 aromatic carbocycles. The van der Waals surface area contributed by atoms with Crippen molar-refractivity contribution in [3.8, 4) is 5.69 Å². The lowest BCUT2D eigenvalue weighted by Gasteiger charge is -2.15. The third-order valence-electron chi connectivity index (χ3n) is 2.82. The van der Waals surface area contributed by atoms with E-state index in [0.717, 1.165) is 18.7 Å². The van der Waals surface area contributed by atoms with Crippen molar-refractivity contribution in [2.45, 2.75) is 26.3 Å². The van der Waals surface area contributed by atoms with Gasteiger partial charge in [-0.25, -0.2) is 4.68 Å². The predicted molar refractivity (Wildman–Crippen MR) is 70.3 cm³/mol. The molecule has 0 aliphatic heterocycles. The number of nitrogens with one attached hydrogen (secondary N) is 1. The standard InChI is InChI=1S/C14H19N3/c1-3-10-15-12(2)14-9-11-16-17(14)13-7-5-4-6-8-13/h4-9,11-12,15H,3,10H2,1-2H3. The summed E-state index contributed by atoms with van der Waals surface area (Å²) < 4.78 is 1.99.